The molecule has 0 bridgehead atoms. The lowest BCUT2D eigenvalue weighted by Crippen LogP contribution is -2.48. The lowest BCUT2D eigenvalue weighted by atomic mass is 10.1. The van der Waals surface area contributed by atoms with E-state index >= 15 is 0 Å². The first kappa shape index (κ1) is 16.0. The second-order valence-electron chi connectivity index (χ2n) is 3.89. The van der Waals surface area contributed by atoms with E-state index in [4.69, 9.17) is 18.9 Å². The molecule has 0 aromatic carbocycles. The number of ether oxygens (including phenoxy) is 5. The Hall–Kier alpha value is -2.09. The van der Waals surface area contributed by atoms with Crippen LogP contribution in [0.1, 0.15) is 13.8 Å². The second kappa shape index (κ2) is 6.90. The van der Waals surface area contributed by atoms with E-state index in [1.165, 1.54) is 34.1 Å². The van der Waals surface area contributed by atoms with Crippen molar-refractivity contribution >= 4 is 17.9 Å². The molecule has 1 heterocycles. The number of methoxy groups -OCH3 is 2. The van der Waals surface area contributed by atoms with Crippen molar-refractivity contribution in [2.75, 3.05) is 14.2 Å². The van der Waals surface area contributed by atoms with E-state index in [0.717, 1.165) is 0 Å². The highest BCUT2D eigenvalue weighted by molar-refractivity contribution is 5.86. The van der Waals surface area contributed by atoms with Gasteiger partial charge in [0.2, 0.25) is 18.2 Å². The summed E-state index contributed by atoms with van der Waals surface area (Å²) in [7, 11) is 2.47. The van der Waals surface area contributed by atoms with Gasteiger partial charge in [-0.15, -0.1) is 0 Å². The zero-order valence-electron chi connectivity index (χ0n) is 11.6. The number of carbonyl (C=O) groups excluding carboxylic acids is 3. The van der Waals surface area contributed by atoms with Crippen molar-refractivity contribution in [2.24, 2.45) is 0 Å². The molecule has 8 heteroatoms. The van der Waals surface area contributed by atoms with E-state index in [9.17, 15) is 14.4 Å². The van der Waals surface area contributed by atoms with Crippen LogP contribution in [0, 0.1) is 0 Å². The lowest BCUT2D eigenvalue weighted by molar-refractivity contribution is -0.217. The molecular formula is C12H16O8. The van der Waals surface area contributed by atoms with Crippen LogP contribution in [-0.4, -0.2) is 50.6 Å². The molecule has 1 rings (SSSR count). The second-order valence-corrected chi connectivity index (χ2v) is 3.89. The molecule has 0 aromatic rings. The topological polar surface area (TPSA) is 97.4 Å². The van der Waals surface area contributed by atoms with Gasteiger partial charge in [-0.3, -0.25) is 9.59 Å². The zero-order valence-corrected chi connectivity index (χ0v) is 11.6. The summed E-state index contributed by atoms with van der Waals surface area (Å²) in [6.07, 6.45) is -1.92. The molecule has 0 radical (unpaired) electrons. The maximum atomic E-state index is 11.5. The normalized spacial score (nSPS) is 25.0. The Balaban J connectivity index is 3.06. The van der Waals surface area contributed by atoms with E-state index in [1.807, 2.05) is 0 Å². The molecule has 112 valence electrons. The van der Waals surface area contributed by atoms with E-state index in [0.29, 0.717) is 0 Å². The summed E-state index contributed by atoms with van der Waals surface area (Å²) in [5.74, 6) is -2.16. The van der Waals surface area contributed by atoms with Crippen molar-refractivity contribution in [3.05, 3.63) is 11.8 Å². The first-order chi connectivity index (χ1) is 9.38. The van der Waals surface area contributed by atoms with Crippen molar-refractivity contribution in [1.82, 2.24) is 0 Å². The molecule has 0 amide bonds. The Morgan fingerprint density at radius 2 is 1.70 bits per heavy atom. The average Bonchev–Trinajstić information content (AvgIpc) is 2.38. The smallest absolute Gasteiger partial charge is 0.373 e. The van der Waals surface area contributed by atoms with Gasteiger partial charge in [0.05, 0.1) is 7.11 Å². The van der Waals surface area contributed by atoms with E-state index < -0.39 is 36.4 Å². The summed E-state index contributed by atoms with van der Waals surface area (Å²) < 4.78 is 24.7. The van der Waals surface area contributed by atoms with Crippen LogP contribution < -0.4 is 0 Å². The predicted octanol–water partition coefficient (Wildman–Crippen LogP) is -0.0906. The van der Waals surface area contributed by atoms with Gasteiger partial charge < -0.3 is 23.7 Å². The Morgan fingerprint density at radius 3 is 2.15 bits per heavy atom. The predicted molar refractivity (Wildman–Crippen MR) is 63.1 cm³/mol. The summed E-state index contributed by atoms with van der Waals surface area (Å²) >= 11 is 0. The van der Waals surface area contributed by atoms with Crippen LogP contribution in [0.25, 0.3) is 0 Å². The minimum Gasteiger partial charge on any atom is -0.463 e. The first-order valence-electron chi connectivity index (χ1n) is 5.73. The van der Waals surface area contributed by atoms with Crippen LogP contribution in [0.2, 0.25) is 0 Å². The molecule has 0 saturated heterocycles. The van der Waals surface area contributed by atoms with E-state index in [2.05, 4.69) is 4.74 Å². The highest BCUT2D eigenvalue weighted by Gasteiger charge is 2.41. The average molecular weight is 288 g/mol. The molecule has 0 N–H and O–H groups in total. The van der Waals surface area contributed by atoms with Crippen molar-refractivity contribution in [1.29, 1.82) is 0 Å². The number of hydrogen-bond donors (Lipinski definition) is 0. The molecule has 3 atom stereocenters. The minimum absolute atomic E-state index is 0.186. The molecule has 0 fully saturated rings. The Morgan fingerprint density at radius 1 is 1.10 bits per heavy atom. The molecule has 8 nitrogen and oxygen atoms in total. The number of rotatable bonds is 4. The first-order valence-corrected chi connectivity index (χ1v) is 5.73. The fourth-order valence-electron chi connectivity index (χ4n) is 1.64. The van der Waals surface area contributed by atoms with Crippen LogP contribution in [0.3, 0.4) is 0 Å². The third kappa shape index (κ3) is 3.95. The maximum absolute atomic E-state index is 11.5. The third-order valence-electron chi connectivity index (χ3n) is 2.37. The molecule has 0 saturated carbocycles. The molecule has 0 aromatic heterocycles. The Labute approximate surface area is 115 Å². The van der Waals surface area contributed by atoms with Crippen molar-refractivity contribution in [3.8, 4) is 0 Å². The Bertz CT molecular complexity index is 427. The highest BCUT2D eigenvalue weighted by Crippen LogP contribution is 2.24. The fraction of sp³-hybridized carbons (Fsp3) is 0.583. The number of carbonyl (C=O) groups is 3. The van der Waals surface area contributed by atoms with Gasteiger partial charge in [0, 0.05) is 27.0 Å². The summed E-state index contributed by atoms with van der Waals surface area (Å²) in [5, 5.41) is 0. The number of esters is 3. The van der Waals surface area contributed by atoms with Crippen molar-refractivity contribution in [2.45, 2.75) is 32.3 Å². The van der Waals surface area contributed by atoms with Crippen molar-refractivity contribution in [3.63, 3.8) is 0 Å². The number of hydrogen-bond acceptors (Lipinski definition) is 8. The van der Waals surface area contributed by atoms with E-state index in [-0.39, 0.29) is 5.76 Å². The quantitative estimate of drug-likeness (QED) is 0.523. The van der Waals surface area contributed by atoms with Crippen LogP contribution in [0.5, 0.6) is 0 Å². The van der Waals surface area contributed by atoms with E-state index in [1.54, 1.807) is 0 Å². The summed E-state index contributed by atoms with van der Waals surface area (Å²) in [4.78, 5) is 33.7. The summed E-state index contributed by atoms with van der Waals surface area (Å²) in [6, 6.07) is 0. The third-order valence-corrected chi connectivity index (χ3v) is 2.37. The van der Waals surface area contributed by atoms with Gasteiger partial charge in [0.25, 0.3) is 0 Å². The SMILES string of the molecule is COC(=O)C1=C[C@H](OC(C)=O)[C@@H](OC(C)=O)[C@@H](OC)O1. The Kier molecular flexibility index (Phi) is 5.51. The molecular weight excluding hydrogens is 272 g/mol. The molecule has 1 aliphatic rings. The zero-order chi connectivity index (χ0) is 15.3. The van der Waals surface area contributed by atoms with Crippen LogP contribution in [0.4, 0.5) is 0 Å². The van der Waals surface area contributed by atoms with Crippen molar-refractivity contribution < 1.29 is 38.1 Å². The van der Waals surface area contributed by atoms with Gasteiger partial charge in [0.1, 0.15) is 0 Å². The molecule has 0 aliphatic carbocycles. The van der Waals surface area contributed by atoms with Gasteiger partial charge in [-0.25, -0.2) is 4.79 Å². The lowest BCUT2D eigenvalue weighted by Gasteiger charge is -2.34. The molecule has 20 heavy (non-hydrogen) atoms. The standard InChI is InChI=1S/C12H16O8/c1-6(13)18-8-5-9(11(15)16-3)20-12(17-4)10(8)19-7(2)14/h5,8,10,12H,1-4H3/t8-,10+,12-/m0/s1. The minimum atomic E-state index is -1.10. The molecule has 0 spiro atoms. The van der Waals surface area contributed by atoms with Gasteiger partial charge in [0.15, 0.2) is 6.10 Å². The van der Waals surface area contributed by atoms with Crippen LogP contribution >= 0.6 is 0 Å². The largest absolute Gasteiger partial charge is 0.463 e. The van der Waals surface area contributed by atoms with Gasteiger partial charge in [-0.1, -0.05) is 0 Å². The highest BCUT2D eigenvalue weighted by atomic mass is 16.7. The van der Waals surface area contributed by atoms with Crippen LogP contribution in [0.15, 0.2) is 11.8 Å². The summed E-state index contributed by atoms with van der Waals surface area (Å²) in [5.41, 5.74) is 0. The van der Waals surface area contributed by atoms with Crippen LogP contribution in [-0.2, 0) is 38.1 Å². The molecule has 1 aliphatic heterocycles. The van der Waals surface area contributed by atoms with Gasteiger partial charge in [-0.2, -0.15) is 0 Å². The molecule has 0 unspecified atom stereocenters. The van der Waals surface area contributed by atoms with Gasteiger partial charge >= 0.3 is 17.9 Å². The monoisotopic (exact) mass is 288 g/mol. The maximum Gasteiger partial charge on any atom is 0.373 e. The summed E-state index contributed by atoms with van der Waals surface area (Å²) in [6.45, 7) is 2.38. The van der Waals surface area contributed by atoms with Gasteiger partial charge in [-0.05, 0) is 0 Å². The fourth-order valence-corrected chi connectivity index (χ4v) is 1.64.